The maximum absolute atomic E-state index is 13.1. The Hall–Kier alpha value is -1.75. The molecule has 2 aromatic carbocycles. The first kappa shape index (κ1) is 20.5. The van der Waals surface area contributed by atoms with Crippen molar-refractivity contribution in [3.63, 3.8) is 0 Å². The molecule has 1 saturated heterocycles. The molecule has 2 aromatic rings. The molecule has 0 saturated carbocycles. The molecule has 0 unspecified atom stereocenters. The van der Waals surface area contributed by atoms with Crippen LogP contribution in [0.25, 0.3) is 0 Å². The summed E-state index contributed by atoms with van der Waals surface area (Å²) in [7, 11) is -11.2. The summed E-state index contributed by atoms with van der Waals surface area (Å²) >= 11 is 0. The summed E-state index contributed by atoms with van der Waals surface area (Å²) in [5, 5.41) is -1.03. The van der Waals surface area contributed by atoms with E-state index in [4.69, 9.17) is 0 Å². The van der Waals surface area contributed by atoms with E-state index in [1.165, 1.54) is 22.5 Å². The van der Waals surface area contributed by atoms with Crippen LogP contribution in [0, 0.1) is 0 Å². The lowest BCUT2D eigenvalue weighted by Gasteiger charge is -2.28. The van der Waals surface area contributed by atoms with Crippen molar-refractivity contribution in [2.75, 3.05) is 18.1 Å². The molecule has 10 heteroatoms. The van der Waals surface area contributed by atoms with Gasteiger partial charge in [0.1, 0.15) is 0 Å². The summed E-state index contributed by atoms with van der Waals surface area (Å²) in [6, 6.07) is 12.9. The Balaban J connectivity index is 1.65. The van der Waals surface area contributed by atoms with E-state index in [0.717, 1.165) is 17.2 Å². The first-order valence-electron chi connectivity index (χ1n) is 9.21. The zero-order valence-electron chi connectivity index (χ0n) is 15.6. The number of sulfone groups is 2. The van der Waals surface area contributed by atoms with E-state index in [1.807, 2.05) is 24.3 Å². The molecule has 7 nitrogen and oxygen atoms in total. The third kappa shape index (κ3) is 3.86. The lowest BCUT2D eigenvalue weighted by molar-refractivity contribution is 0.391. The molecular weight excluding hydrogens is 434 g/mol. The van der Waals surface area contributed by atoms with E-state index >= 15 is 0 Å². The Bertz CT molecular complexity index is 1270. The normalized spacial score (nSPS) is 22.3. The quantitative estimate of drug-likeness (QED) is 0.690. The van der Waals surface area contributed by atoms with E-state index in [9.17, 15) is 25.3 Å². The van der Waals surface area contributed by atoms with Gasteiger partial charge in [-0.1, -0.05) is 30.3 Å². The minimum absolute atomic E-state index is 0.0323. The van der Waals surface area contributed by atoms with Gasteiger partial charge in [0.25, 0.3) is 0 Å². The van der Waals surface area contributed by atoms with Crippen LogP contribution >= 0.6 is 0 Å². The zero-order valence-corrected chi connectivity index (χ0v) is 18.0. The van der Waals surface area contributed by atoms with Gasteiger partial charge >= 0.3 is 0 Å². The van der Waals surface area contributed by atoms with Crippen LogP contribution in [0.1, 0.15) is 17.5 Å². The molecule has 0 N–H and O–H groups in total. The van der Waals surface area contributed by atoms with Gasteiger partial charge in [0, 0.05) is 13.1 Å². The summed E-state index contributed by atoms with van der Waals surface area (Å²) in [6.07, 6.45) is 0.623. The number of hydrogen-bond acceptors (Lipinski definition) is 6. The van der Waals surface area contributed by atoms with E-state index in [-0.39, 0.29) is 28.5 Å². The van der Waals surface area contributed by atoms with Crippen LogP contribution in [0.2, 0.25) is 0 Å². The molecule has 0 aromatic heterocycles. The number of fused-ring (bicyclic) bond motifs is 1. The SMILES string of the molecule is O=S1(=O)CC[C@@H](S(=O)(=O)c2cccc(S(=O)(=O)N3CCc4ccccc4C3)c2)C1. The molecule has 2 aliphatic rings. The second-order valence-electron chi connectivity index (χ2n) is 7.40. The van der Waals surface area contributed by atoms with Crippen molar-refractivity contribution in [1.29, 1.82) is 0 Å². The smallest absolute Gasteiger partial charge is 0.229 e. The topological polar surface area (TPSA) is 106 Å². The monoisotopic (exact) mass is 455 g/mol. The molecule has 4 rings (SSSR count). The Morgan fingerprint density at radius 2 is 1.59 bits per heavy atom. The van der Waals surface area contributed by atoms with E-state index in [0.29, 0.717) is 13.0 Å². The third-order valence-corrected chi connectivity index (χ3v) is 11.5. The highest BCUT2D eigenvalue weighted by Crippen LogP contribution is 2.29. The molecule has 2 heterocycles. The number of sulfonamides is 1. The molecule has 0 radical (unpaired) electrons. The van der Waals surface area contributed by atoms with Gasteiger partial charge in [-0.25, -0.2) is 25.3 Å². The molecule has 2 aliphatic heterocycles. The average Bonchev–Trinajstić information content (AvgIpc) is 3.08. The molecule has 1 atom stereocenters. The first-order chi connectivity index (χ1) is 13.6. The molecule has 1 fully saturated rings. The van der Waals surface area contributed by atoms with Crippen molar-refractivity contribution in [3.05, 3.63) is 59.7 Å². The summed E-state index contributed by atoms with van der Waals surface area (Å²) in [5.74, 6) is -0.586. The minimum atomic E-state index is -3.93. The van der Waals surface area contributed by atoms with Gasteiger partial charge in [0.05, 0.1) is 26.5 Å². The van der Waals surface area contributed by atoms with Crippen LogP contribution in [0.15, 0.2) is 58.3 Å². The fourth-order valence-electron chi connectivity index (χ4n) is 3.83. The summed E-state index contributed by atoms with van der Waals surface area (Å²) in [6.45, 7) is 0.549. The average molecular weight is 456 g/mol. The van der Waals surface area contributed by atoms with Crippen LogP contribution in [0.4, 0.5) is 0 Å². The molecule has 0 amide bonds. The largest absolute Gasteiger partial charge is 0.243 e. The number of hydrogen-bond donors (Lipinski definition) is 0. The second kappa shape index (κ2) is 7.19. The Labute approximate surface area is 171 Å². The lowest BCUT2D eigenvalue weighted by Crippen LogP contribution is -2.36. The van der Waals surface area contributed by atoms with Gasteiger partial charge in [-0.15, -0.1) is 0 Å². The highest BCUT2D eigenvalue weighted by molar-refractivity contribution is 7.96. The number of rotatable bonds is 4. The fourth-order valence-corrected chi connectivity index (χ4v) is 9.78. The molecule has 29 heavy (non-hydrogen) atoms. The van der Waals surface area contributed by atoms with Crippen molar-refractivity contribution in [2.45, 2.75) is 34.4 Å². The predicted octanol–water partition coefficient (Wildman–Crippen LogP) is 1.39. The number of benzene rings is 2. The summed E-state index contributed by atoms with van der Waals surface area (Å²) < 4.78 is 76.7. The van der Waals surface area contributed by atoms with Crippen molar-refractivity contribution in [3.8, 4) is 0 Å². The third-order valence-electron chi connectivity index (χ3n) is 5.50. The van der Waals surface area contributed by atoms with Crippen molar-refractivity contribution in [1.82, 2.24) is 4.31 Å². The van der Waals surface area contributed by atoms with Gasteiger partial charge in [0.15, 0.2) is 19.7 Å². The van der Waals surface area contributed by atoms with Crippen LogP contribution < -0.4 is 0 Å². The van der Waals surface area contributed by atoms with Crippen molar-refractivity contribution < 1.29 is 25.3 Å². The van der Waals surface area contributed by atoms with Crippen LogP contribution in [-0.4, -0.2) is 52.9 Å². The van der Waals surface area contributed by atoms with Gasteiger partial charge in [-0.05, 0) is 42.2 Å². The lowest BCUT2D eigenvalue weighted by atomic mass is 10.0. The maximum Gasteiger partial charge on any atom is 0.243 e. The van der Waals surface area contributed by atoms with Gasteiger partial charge in [0.2, 0.25) is 10.0 Å². The Morgan fingerprint density at radius 1 is 0.897 bits per heavy atom. The van der Waals surface area contributed by atoms with Crippen molar-refractivity contribution in [2.24, 2.45) is 0 Å². The minimum Gasteiger partial charge on any atom is -0.229 e. The molecular formula is C19H21NO6S3. The van der Waals surface area contributed by atoms with Crippen molar-refractivity contribution >= 4 is 29.7 Å². The van der Waals surface area contributed by atoms with Crippen LogP contribution in [-0.2, 0) is 42.7 Å². The highest BCUT2D eigenvalue weighted by Gasteiger charge is 2.38. The highest BCUT2D eigenvalue weighted by atomic mass is 32.2. The van der Waals surface area contributed by atoms with E-state index < -0.39 is 40.7 Å². The second-order valence-corrected chi connectivity index (χ2v) is 13.8. The van der Waals surface area contributed by atoms with Crippen LogP contribution in [0.5, 0.6) is 0 Å². The molecule has 156 valence electrons. The maximum atomic E-state index is 13.1. The summed E-state index contributed by atoms with van der Waals surface area (Å²) in [5.41, 5.74) is 2.04. The van der Waals surface area contributed by atoms with E-state index in [1.54, 1.807) is 0 Å². The molecule has 0 bridgehead atoms. The summed E-state index contributed by atoms with van der Waals surface area (Å²) in [4.78, 5) is -0.253. The van der Waals surface area contributed by atoms with Gasteiger partial charge in [-0.3, -0.25) is 0 Å². The predicted molar refractivity (Wildman–Crippen MR) is 108 cm³/mol. The van der Waals surface area contributed by atoms with Gasteiger partial charge in [-0.2, -0.15) is 4.31 Å². The molecule has 0 spiro atoms. The number of nitrogens with zero attached hydrogens (tertiary/aromatic N) is 1. The van der Waals surface area contributed by atoms with Gasteiger partial charge < -0.3 is 0 Å². The molecule has 0 aliphatic carbocycles. The van der Waals surface area contributed by atoms with Crippen LogP contribution in [0.3, 0.4) is 0 Å². The standard InChI is InChI=1S/C19H21NO6S3/c21-27(22)11-9-19(14-27)28(23,24)17-6-3-7-18(12-17)29(25,26)20-10-8-15-4-1-2-5-16(15)13-20/h1-7,12,19H,8-11,13-14H2/t19-/m1/s1. The Morgan fingerprint density at radius 3 is 2.28 bits per heavy atom. The zero-order chi connectivity index (χ0) is 20.9. The Kier molecular flexibility index (Phi) is 5.09. The van der Waals surface area contributed by atoms with E-state index in [2.05, 4.69) is 0 Å². The first-order valence-corrected chi connectivity index (χ1v) is 14.0. The fraction of sp³-hybridized carbons (Fsp3) is 0.368.